The van der Waals surface area contributed by atoms with Crippen molar-refractivity contribution in [3.8, 4) is 0 Å². The standard InChI is InChI=1S/C14H16F3NO5S/c1-5-22-11(19)8-7(4)9(12(20)23-6(2)3)24-10(8)18-13(21)14(15,16)17/h6H,5H2,1-4H3,(H,18,21). The van der Waals surface area contributed by atoms with Crippen molar-refractivity contribution in [2.45, 2.75) is 40.0 Å². The number of anilines is 1. The number of nitrogens with one attached hydrogen (secondary N) is 1. The van der Waals surface area contributed by atoms with E-state index in [-0.39, 0.29) is 22.6 Å². The quantitative estimate of drug-likeness (QED) is 0.808. The molecule has 1 rings (SSSR count). The molecular formula is C14H16F3NO5S. The highest BCUT2D eigenvalue weighted by Gasteiger charge is 2.40. The van der Waals surface area contributed by atoms with Crippen LogP contribution < -0.4 is 5.32 Å². The van der Waals surface area contributed by atoms with Gasteiger partial charge in [-0.3, -0.25) is 4.79 Å². The van der Waals surface area contributed by atoms with E-state index >= 15 is 0 Å². The highest BCUT2D eigenvalue weighted by molar-refractivity contribution is 7.18. The van der Waals surface area contributed by atoms with Gasteiger partial charge < -0.3 is 14.8 Å². The van der Waals surface area contributed by atoms with E-state index in [4.69, 9.17) is 9.47 Å². The first-order chi connectivity index (χ1) is 11.0. The van der Waals surface area contributed by atoms with Crippen LogP contribution >= 0.6 is 11.3 Å². The number of thiophene rings is 1. The van der Waals surface area contributed by atoms with Crippen LogP contribution in [-0.2, 0) is 14.3 Å². The summed E-state index contributed by atoms with van der Waals surface area (Å²) in [5.41, 5.74) is -0.211. The van der Waals surface area contributed by atoms with E-state index in [1.54, 1.807) is 19.2 Å². The minimum Gasteiger partial charge on any atom is -0.462 e. The Kier molecular flexibility index (Phi) is 6.35. The SMILES string of the molecule is CCOC(=O)c1c(NC(=O)C(F)(F)F)sc(C(=O)OC(C)C)c1C. The van der Waals surface area contributed by atoms with Gasteiger partial charge in [-0.05, 0) is 33.3 Å². The molecule has 24 heavy (non-hydrogen) atoms. The average molecular weight is 367 g/mol. The van der Waals surface area contributed by atoms with Gasteiger partial charge >= 0.3 is 24.0 Å². The molecule has 6 nitrogen and oxygen atoms in total. The fraction of sp³-hybridized carbons (Fsp3) is 0.500. The number of carbonyl (C=O) groups excluding carboxylic acids is 3. The van der Waals surface area contributed by atoms with Gasteiger partial charge in [-0.25, -0.2) is 9.59 Å². The highest BCUT2D eigenvalue weighted by Crippen LogP contribution is 2.35. The van der Waals surface area contributed by atoms with Gasteiger partial charge in [0.25, 0.3) is 0 Å². The molecule has 0 aromatic carbocycles. The lowest BCUT2D eigenvalue weighted by Gasteiger charge is -2.08. The molecule has 0 aliphatic rings. The molecular weight excluding hydrogens is 351 g/mol. The van der Waals surface area contributed by atoms with Gasteiger partial charge in [-0.15, -0.1) is 11.3 Å². The summed E-state index contributed by atoms with van der Waals surface area (Å²) in [5.74, 6) is -3.99. The van der Waals surface area contributed by atoms with E-state index in [9.17, 15) is 27.6 Å². The lowest BCUT2D eigenvalue weighted by molar-refractivity contribution is -0.167. The van der Waals surface area contributed by atoms with Gasteiger partial charge in [-0.1, -0.05) is 0 Å². The number of hydrogen-bond donors (Lipinski definition) is 1. The zero-order valence-electron chi connectivity index (χ0n) is 13.4. The zero-order chi connectivity index (χ0) is 18.7. The average Bonchev–Trinajstić information content (AvgIpc) is 2.74. The summed E-state index contributed by atoms with van der Waals surface area (Å²) in [5, 5.41) is 1.19. The summed E-state index contributed by atoms with van der Waals surface area (Å²) in [6.45, 7) is 6.05. The molecule has 0 saturated carbocycles. The number of rotatable bonds is 5. The zero-order valence-corrected chi connectivity index (χ0v) is 14.2. The molecule has 10 heteroatoms. The molecule has 1 amide bonds. The maximum atomic E-state index is 12.4. The van der Waals surface area contributed by atoms with Crippen molar-refractivity contribution >= 4 is 34.2 Å². The normalized spacial score (nSPS) is 11.3. The molecule has 0 atom stereocenters. The lowest BCUT2D eigenvalue weighted by atomic mass is 10.1. The largest absolute Gasteiger partial charge is 0.471 e. The third-order valence-corrected chi connectivity index (χ3v) is 3.83. The van der Waals surface area contributed by atoms with E-state index < -0.39 is 35.1 Å². The van der Waals surface area contributed by atoms with Crippen LogP contribution in [0.3, 0.4) is 0 Å². The topological polar surface area (TPSA) is 81.7 Å². The summed E-state index contributed by atoms with van der Waals surface area (Å²) < 4.78 is 47.1. The van der Waals surface area contributed by atoms with Crippen molar-refractivity contribution in [1.82, 2.24) is 0 Å². The highest BCUT2D eigenvalue weighted by atomic mass is 32.1. The minimum absolute atomic E-state index is 0.0213. The number of hydrogen-bond acceptors (Lipinski definition) is 6. The lowest BCUT2D eigenvalue weighted by Crippen LogP contribution is -2.30. The van der Waals surface area contributed by atoms with Crippen molar-refractivity contribution < 1.29 is 37.0 Å². The maximum Gasteiger partial charge on any atom is 0.471 e. The number of halogens is 3. The number of carbonyl (C=O) groups is 3. The van der Waals surface area contributed by atoms with Crippen molar-refractivity contribution in [3.05, 3.63) is 16.0 Å². The molecule has 0 aliphatic carbocycles. The summed E-state index contributed by atoms with van der Waals surface area (Å²) in [6.07, 6.45) is -5.60. The van der Waals surface area contributed by atoms with Crippen LogP contribution in [-0.4, -0.2) is 36.7 Å². The van der Waals surface area contributed by atoms with E-state index in [0.717, 1.165) is 0 Å². The summed E-state index contributed by atoms with van der Waals surface area (Å²) >= 11 is 0.528. The van der Waals surface area contributed by atoms with Crippen LogP contribution in [0.15, 0.2) is 0 Å². The summed E-state index contributed by atoms with van der Waals surface area (Å²) in [7, 11) is 0. The second-order valence-corrected chi connectivity index (χ2v) is 5.91. The Morgan fingerprint density at radius 2 is 1.79 bits per heavy atom. The molecule has 0 unspecified atom stereocenters. The van der Waals surface area contributed by atoms with Crippen molar-refractivity contribution in [3.63, 3.8) is 0 Å². The first-order valence-corrected chi connectivity index (χ1v) is 7.70. The van der Waals surface area contributed by atoms with E-state index in [1.165, 1.54) is 13.8 Å². The van der Waals surface area contributed by atoms with E-state index in [0.29, 0.717) is 11.3 Å². The third-order valence-electron chi connectivity index (χ3n) is 2.64. The summed E-state index contributed by atoms with van der Waals surface area (Å²) in [6, 6.07) is 0. The Morgan fingerprint density at radius 3 is 2.25 bits per heavy atom. The molecule has 1 aromatic rings. The Balaban J connectivity index is 3.32. The van der Waals surface area contributed by atoms with Gasteiger partial charge in [0.15, 0.2) is 0 Å². The molecule has 134 valence electrons. The van der Waals surface area contributed by atoms with Gasteiger partial charge in [0, 0.05) is 0 Å². The third kappa shape index (κ3) is 4.70. The maximum absolute atomic E-state index is 12.4. The van der Waals surface area contributed by atoms with Crippen LogP contribution in [0.1, 0.15) is 46.4 Å². The number of alkyl halides is 3. The number of ether oxygens (including phenoxy) is 2. The number of esters is 2. The molecule has 1 heterocycles. The smallest absolute Gasteiger partial charge is 0.462 e. The van der Waals surface area contributed by atoms with E-state index in [1.807, 2.05) is 0 Å². The van der Waals surface area contributed by atoms with Crippen LogP contribution in [0.25, 0.3) is 0 Å². The first kappa shape index (κ1) is 19.9. The molecule has 0 spiro atoms. The Labute approximate surface area is 139 Å². The van der Waals surface area contributed by atoms with Gasteiger partial charge in [0.05, 0.1) is 18.3 Å². The Morgan fingerprint density at radius 1 is 1.21 bits per heavy atom. The van der Waals surface area contributed by atoms with Crippen LogP contribution in [0.4, 0.5) is 18.2 Å². The second-order valence-electron chi connectivity index (χ2n) is 4.89. The van der Waals surface area contributed by atoms with Crippen LogP contribution in [0, 0.1) is 6.92 Å². The molecule has 0 radical (unpaired) electrons. The molecule has 0 fully saturated rings. The minimum atomic E-state index is -5.14. The number of amides is 1. The van der Waals surface area contributed by atoms with Crippen molar-refractivity contribution in [1.29, 1.82) is 0 Å². The van der Waals surface area contributed by atoms with Crippen molar-refractivity contribution in [2.24, 2.45) is 0 Å². The van der Waals surface area contributed by atoms with Crippen LogP contribution in [0.5, 0.6) is 0 Å². The van der Waals surface area contributed by atoms with Crippen molar-refractivity contribution in [2.75, 3.05) is 11.9 Å². The van der Waals surface area contributed by atoms with E-state index in [2.05, 4.69) is 0 Å². The predicted molar refractivity (Wildman–Crippen MR) is 80.2 cm³/mol. The fourth-order valence-electron chi connectivity index (χ4n) is 1.69. The second kappa shape index (κ2) is 7.65. The predicted octanol–water partition coefficient (Wildman–Crippen LogP) is 3.30. The molecule has 1 N–H and O–H groups in total. The van der Waals surface area contributed by atoms with Gasteiger partial charge in [0.1, 0.15) is 9.88 Å². The first-order valence-electron chi connectivity index (χ1n) is 6.88. The van der Waals surface area contributed by atoms with Gasteiger partial charge in [0.2, 0.25) is 0 Å². The molecule has 1 aromatic heterocycles. The molecule has 0 saturated heterocycles. The summed E-state index contributed by atoms with van der Waals surface area (Å²) in [4.78, 5) is 35.0. The van der Waals surface area contributed by atoms with Gasteiger partial charge in [-0.2, -0.15) is 13.2 Å². The Bertz CT molecular complexity index is 652. The Hall–Kier alpha value is -2.10. The fourth-order valence-corrected chi connectivity index (χ4v) is 2.76. The monoisotopic (exact) mass is 367 g/mol. The van der Waals surface area contributed by atoms with Crippen LogP contribution in [0.2, 0.25) is 0 Å². The molecule has 0 bridgehead atoms. The molecule has 0 aliphatic heterocycles.